The molecule has 0 aromatic carbocycles. The molecule has 44 heavy (non-hydrogen) atoms. The maximum atomic E-state index is 11.2. The van der Waals surface area contributed by atoms with Gasteiger partial charge in [0.2, 0.25) is 0 Å². The van der Waals surface area contributed by atoms with Crippen LogP contribution in [0.2, 0.25) is 0 Å². The minimum Gasteiger partial charge on any atom is -0.469 e. The minimum atomic E-state index is -1.72. The van der Waals surface area contributed by atoms with Crippen LogP contribution < -0.4 is 0 Å². The zero-order valence-corrected chi connectivity index (χ0v) is 26.5. The van der Waals surface area contributed by atoms with Crippen molar-refractivity contribution < 1.29 is 64.2 Å². The van der Waals surface area contributed by atoms with E-state index in [2.05, 4.69) is 11.7 Å². The third-order valence-corrected chi connectivity index (χ3v) is 8.55. The van der Waals surface area contributed by atoms with Crippen molar-refractivity contribution in [2.45, 2.75) is 171 Å². The summed E-state index contributed by atoms with van der Waals surface area (Å²) in [4.78, 5) is 11.2. The van der Waals surface area contributed by atoms with Gasteiger partial charge >= 0.3 is 5.97 Å². The molecule has 2 rings (SSSR count). The Morgan fingerprint density at radius 1 is 0.659 bits per heavy atom. The number of ether oxygens (including phenoxy) is 5. The maximum absolute atomic E-state index is 11.2. The van der Waals surface area contributed by atoms with Crippen LogP contribution >= 0.6 is 0 Å². The van der Waals surface area contributed by atoms with E-state index in [0.717, 1.165) is 89.9 Å². The Bertz CT molecular complexity index is 754. The number of hydrogen-bond acceptors (Lipinski definition) is 13. The van der Waals surface area contributed by atoms with E-state index < -0.39 is 74.6 Å². The summed E-state index contributed by atoms with van der Waals surface area (Å²) < 4.78 is 27.7. The van der Waals surface area contributed by atoms with Crippen LogP contribution in [-0.2, 0) is 28.5 Å². The number of aliphatic hydroxyl groups is 7. The molecule has 2 fully saturated rings. The summed E-state index contributed by atoms with van der Waals surface area (Å²) in [5, 5.41) is 71.8. The molecule has 0 aromatic heterocycles. The molecule has 2 aliphatic heterocycles. The molecule has 0 bridgehead atoms. The second kappa shape index (κ2) is 21.8. The molecule has 2 heterocycles. The zero-order chi connectivity index (χ0) is 32.5. The molecule has 0 saturated carbocycles. The van der Waals surface area contributed by atoms with Gasteiger partial charge in [0, 0.05) is 6.42 Å². The molecule has 2 saturated heterocycles. The first kappa shape index (κ1) is 39.2. The molecular weight excluding hydrogens is 580 g/mol. The Morgan fingerprint density at radius 3 is 1.75 bits per heavy atom. The summed E-state index contributed by atoms with van der Waals surface area (Å²) in [6.45, 7) is 0.878. The molecule has 2 aliphatic rings. The third-order valence-electron chi connectivity index (χ3n) is 8.55. The Labute approximate surface area is 261 Å². The third kappa shape index (κ3) is 12.7. The van der Waals surface area contributed by atoms with Gasteiger partial charge in [0.15, 0.2) is 12.6 Å². The fourth-order valence-electron chi connectivity index (χ4n) is 5.74. The van der Waals surface area contributed by atoms with E-state index in [1.54, 1.807) is 0 Å². The van der Waals surface area contributed by atoms with Crippen LogP contribution in [0.3, 0.4) is 0 Å². The van der Waals surface area contributed by atoms with Crippen LogP contribution in [0.5, 0.6) is 0 Å². The molecular formula is C31H58O13. The zero-order valence-electron chi connectivity index (χ0n) is 26.5. The highest BCUT2D eigenvalue weighted by atomic mass is 16.7. The van der Waals surface area contributed by atoms with Crippen LogP contribution in [0.4, 0.5) is 0 Å². The molecule has 13 nitrogen and oxygen atoms in total. The topological polar surface area (TPSA) is 205 Å². The average molecular weight is 639 g/mol. The lowest BCUT2D eigenvalue weighted by Gasteiger charge is -2.46. The number of carbonyl (C=O) groups excluding carboxylic acids is 1. The quantitative estimate of drug-likeness (QED) is 0.0655. The summed E-state index contributed by atoms with van der Waals surface area (Å²) in [7, 11) is 1.41. The van der Waals surface area contributed by atoms with Crippen molar-refractivity contribution in [1.29, 1.82) is 0 Å². The Balaban J connectivity index is 1.87. The lowest BCUT2D eigenvalue weighted by molar-refractivity contribution is -0.363. The summed E-state index contributed by atoms with van der Waals surface area (Å²) >= 11 is 0. The van der Waals surface area contributed by atoms with Crippen LogP contribution in [0, 0.1) is 0 Å². The molecule has 11 atom stereocenters. The number of esters is 1. The van der Waals surface area contributed by atoms with Crippen molar-refractivity contribution in [3.63, 3.8) is 0 Å². The van der Waals surface area contributed by atoms with Crippen LogP contribution in [-0.4, -0.2) is 130 Å². The largest absolute Gasteiger partial charge is 0.469 e. The van der Waals surface area contributed by atoms with E-state index in [0.29, 0.717) is 6.42 Å². The van der Waals surface area contributed by atoms with Gasteiger partial charge in [-0.2, -0.15) is 0 Å². The molecule has 13 heteroatoms. The van der Waals surface area contributed by atoms with Gasteiger partial charge in [-0.15, -0.1) is 0 Å². The van der Waals surface area contributed by atoms with Gasteiger partial charge in [0.25, 0.3) is 0 Å². The Hall–Kier alpha value is -0.970. The van der Waals surface area contributed by atoms with E-state index >= 15 is 0 Å². The second-order valence-corrected chi connectivity index (χ2v) is 12.1. The number of carbonyl (C=O) groups is 1. The lowest BCUT2D eigenvalue weighted by atomic mass is 9.96. The molecule has 0 aromatic rings. The molecule has 0 radical (unpaired) electrons. The van der Waals surface area contributed by atoms with Crippen molar-refractivity contribution in [2.24, 2.45) is 0 Å². The number of aliphatic hydroxyl groups excluding tert-OH is 7. The van der Waals surface area contributed by atoms with Gasteiger partial charge in [0.1, 0.15) is 48.8 Å². The van der Waals surface area contributed by atoms with E-state index in [1.165, 1.54) is 7.11 Å². The highest BCUT2D eigenvalue weighted by Gasteiger charge is 2.51. The molecule has 1 unspecified atom stereocenters. The van der Waals surface area contributed by atoms with Gasteiger partial charge in [-0.3, -0.25) is 4.79 Å². The van der Waals surface area contributed by atoms with Crippen molar-refractivity contribution >= 4 is 5.97 Å². The summed E-state index contributed by atoms with van der Waals surface area (Å²) in [5.41, 5.74) is 0. The first-order chi connectivity index (χ1) is 21.2. The smallest absolute Gasteiger partial charge is 0.305 e. The normalized spacial score (nSPS) is 33.3. The average Bonchev–Trinajstić information content (AvgIpc) is 3.03. The molecule has 7 N–H and O–H groups in total. The fourth-order valence-corrected chi connectivity index (χ4v) is 5.74. The van der Waals surface area contributed by atoms with Crippen LogP contribution in [0.15, 0.2) is 0 Å². The Morgan fingerprint density at radius 2 is 1.18 bits per heavy atom. The first-order valence-electron chi connectivity index (χ1n) is 16.5. The predicted octanol–water partition coefficient (Wildman–Crippen LogP) is 1.04. The highest BCUT2D eigenvalue weighted by Crippen LogP contribution is 2.31. The fraction of sp³-hybridized carbons (Fsp3) is 0.968. The van der Waals surface area contributed by atoms with Crippen LogP contribution in [0.1, 0.15) is 103 Å². The Kier molecular flexibility index (Phi) is 19.4. The standard InChI is InChI=1S/C31H58O13/c1-3-4-5-12-15-20(16-13-10-8-6-7-9-11-14-17-23(34)40-2)41-30-28(39)26(37)29(22(19-33)43-30)44-31-27(38)25(36)24(35)21(18-32)42-31/h20-22,24-33,35-39H,3-19H2,1-2H3/t20?,21-,22-,24-,25+,26-,27-,28-,29-,30-,31-/m1/s1. The molecule has 0 aliphatic carbocycles. The van der Waals surface area contributed by atoms with E-state index in [1.807, 2.05) is 0 Å². The highest BCUT2D eigenvalue weighted by molar-refractivity contribution is 5.68. The SMILES string of the molecule is CCCCCCC(CCCCCCCCCCC(=O)OC)O[C@@H]1O[C@H](CO)[C@@H](O[C@H]2O[C@H](CO)[C@@H](O)[C@H](O)[C@H]2O)[C@H](O)[C@H]1O. The number of methoxy groups -OCH3 is 1. The summed E-state index contributed by atoms with van der Waals surface area (Å²) in [6, 6.07) is 0. The van der Waals surface area contributed by atoms with Gasteiger partial charge in [-0.05, 0) is 19.3 Å². The van der Waals surface area contributed by atoms with Crippen molar-refractivity contribution in [3.8, 4) is 0 Å². The molecule has 0 amide bonds. The van der Waals surface area contributed by atoms with Crippen LogP contribution in [0.25, 0.3) is 0 Å². The van der Waals surface area contributed by atoms with Gasteiger partial charge < -0.3 is 59.4 Å². The second-order valence-electron chi connectivity index (χ2n) is 12.1. The molecule has 0 spiro atoms. The lowest BCUT2D eigenvalue weighted by Crippen LogP contribution is -2.64. The number of rotatable bonds is 22. The predicted molar refractivity (Wildman–Crippen MR) is 158 cm³/mol. The van der Waals surface area contributed by atoms with Crippen molar-refractivity contribution in [1.82, 2.24) is 0 Å². The monoisotopic (exact) mass is 638 g/mol. The first-order valence-corrected chi connectivity index (χ1v) is 16.5. The van der Waals surface area contributed by atoms with Gasteiger partial charge in [0.05, 0.1) is 26.4 Å². The van der Waals surface area contributed by atoms with Crippen molar-refractivity contribution in [2.75, 3.05) is 20.3 Å². The van der Waals surface area contributed by atoms with E-state index in [9.17, 15) is 40.5 Å². The summed E-state index contributed by atoms with van der Waals surface area (Å²) in [6.07, 6.45) is -0.448. The van der Waals surface area contributed by atoms with E-state index in [4.69, 9.17) is 18.9 Å². The van der Waals surface area contributed by atoms with Crippen molar-refractivity contribution in [3.05, 3.63) is 0 Å². The van der Waals surface area contributed by atoms with Gasteiger partial charge in [-0.25, -0.2) is 0 Å². The molecule has 260 valence electrons. The maximum Gasteiger partial charge on any atom is 0.305 e. The van der Waals surface area contributed by atoms with Gasteiger partial charge in [-0.1, -0.05) is 77.6 Å². The van der Waals surface area contributed by atoms with E-state index in [-0.39, 0.29) is 12.1 Å². The number of unbranched alkanes of at least 4 members (excludes halogenated alkanes) is 10. The summed E-state index contributed by atoms with van der Waals surface area (Å²) in [5.74, 6) is -0.162. The minimum absolute atomic E-state index is 0.162. The number of hydrogen-bond donors (Lipinski definition) is 7.